The van der Waals surface area contributed by atoms with Gasteiger partial charge in [0, 0.05) is 13.1 Å². The van der Waals surface area contributed by atoms with E-state index >= 15 is 0 Å². The maximum Gasteiger partial charge on any atom is 0.243 e. The molecule has 1 heterocycles. The summed E-state index contributed by atoms with van der Waals surface area (Å²) in [4.78, 5) is 0. The molecule has 0 spiro atoms. The molecule has 0 unspecified atom stereocenters. The number of aryl methyl sites for hydroxylation is 1. The number of rotatable bonds is 9. The van der Waals surface area contributed by atoms with Crippen LogP contribution in [0.15, 0.2) is 40.9 Å². The number of hydrogen-bond donors (Lipinski definition) is 1. The van der Waals surface area contributed by atoms with Crippen LogP contribution in [0.2, 0.25) is 0 Å². The molecule has 1 aromatic heterocycles. The Morgan fingerprint density at radius 3 is 2.61 bits per heavy atom. The molecule has 2 aromatic carbocycles. The molecule has 9 heteroatoms. The summed E-state index contributed by atoms with van der Waals surface area (Å²) in [6.07, 6.45) is 0. The smallest absolute Gasteiger partial charge is 0.243 e. The van der Waals surface area contributed by atoms with E-state index in [0.717, 1.165) is 15.6 Å². The Morgan fingerprint density at radius 1 is 1.11 bits per heavy atom. The summed E-state index contributed by atoms with van der Waals surface area (Å²) in [5.41, 5.74) is 1.85. The van der Waals surface area contributed by atoms with Crippen molar-refractivity contribution in [3.8, 4) is 11.5 Å². The van der Waals surface area contributed by atoms with Crippen molar-refractivity contribution in [1.29, 1.82) is 0 Å². The number of nitrogens with one attached hydrogen (secondary N) is 1. The summed E-state index contributed by atoms with van der Waals surface area (Å²) in [7, 11) is 0. The lowest BCUT2D eigenvalue weighted by Gasteiger charge is -2.16. The van der Waals surface area contributed by atoms with Gasteiger partial charge >= 0.3 is 0 Å². The van der Waals surface area contributed by atoms with Gasteiger partial charge in [-0.1, -0.05) is 17.2 Å². The Morgan fingerprint density at radius 2 is 1.89 bits per heavy atom. The van der Waals surface area contributed by atoms with Crippen molar-refractivity contribution in [2.24, 2.45) is 0 Å². The molecule has 7 nitrogen and oxygen atoms in total. The van der Waals surface area contributed by atoms with Gasteiger partial charge in [0.05, 0.1) is 11.1 Å². The van der Waals surface area contributed by atoms with Crippen LogP contribution in [0.1, 0.15) is 25.0 Å². The van der Waals surface area contributed by atoms with Crippen molar-refractivity contribution in [2.75, 3.05) is 11.9 Å². The van der Waals surface area contributed by atoms with E-state index in [1.54, 1.807) is 16.8 Å². The molecular weight excluding hydrogens is 429 g/mol. The number of tetrazole rings is 1. The fourth-order valence-corrected chi connectivity index (χ4v) is 3.19. The summed E-state index contributed by atoms with van der Waals surface area (Å²) in [5, 5.41) is 14.7. The summed E-state index contributed by atoms with van der Waals surface area (Å²) >= 11 is 3.56. The van der Waals surface area contributed by atoms with E-state index in [2.05, 4.69) is 36.8 Å². The highest BCUT2D eigenvalue weighted by Gasteiger charge is 2.13. The zero-order chi connectivity index (χ0) is 19.9. The van der Waals surface area contributed by atoms with Crippen molar-refractivity contribution in [3.05, 3.63) is 57.8 Å². The third kappa shape index (κ3) is 4.98. The van der Waals surface area contributed by atoms with Gasteiger partial charge in [0.1, 0.15) is 12.4 Å². The number of hydrogen-bond acceptors (Lipinski definition) is 6. The van der Waals surface area contributed by atoms with Crippen LogP contribution >= 0.6 is 15.9 Å². The number of anilines is 1. The van der Waals surface area contributed by atoms with Crippen LogP contribution in [-0.2, 0) is 19.7 Å². The average molecular weight is 450 g/mol. The third-order valence-corrected chi connectivity index (χ3v) is 4.54. The first-order valence-electron chi connectivity index (χ1n) is 8.93. The van der Waals surface area contributed by atoms with Gasteiger partial charge < -0.3 is 14.8 Å². The van der Waals surface area contributed by atoms with Crippen LogP contribution in [0.3, 0.4) is 0 Å². The van der Waals surface area contributed by atoms with Gasteiger partial charge in [-0.25, -0.2) is 9.07 Å². The van der Waals surface area contributed by atoms with E-state index in [1.807, 2.05) is 26.0 Å². The second-order valence-corrected chi connectivity index (χ2v) is 6.78. The average Bonchev–Trinajstić information content (AvgIpc) is 3.15. The van der Waals surface area contributed by atoms with Crippen molar-refractivity contribution in [2.45, 2.75) is 33.5 Å². The van der Waals surface area contributed by atoms with Gasteiger partial charge in [0.2, 0.25) is 5.95 Å². The first kappa shape index (κ1) is 20.1. The van der Waals surface area contributed by atoms with Crippen LogP contribution in [0.5, 0.6) is 11.5 Å². The zero-order valence-electron chi connectivity index (χ0n) is 15.7. The molecule has 0 aliphatic carbocycles. The Kier molecular flexibility index (Phi) is 6.80. The first-order valence-corrected chi connectivity index (χ1v) is 9.72. The SMILES string of the molecule is CCOc1cc(CNc2nnnn2CC)cc(Br)c1OCc1ccc(F)cc1. The van der Waals surface area contributed by atoms with Crippen LogP contribution < -0.4 is 14.8 Å². The Bertz CT molecular complexity index is 917. The van der Waals surface area contributed by atoms with Crippen molar-refractivity contribution in [1.82, 2.24) is 20.2 Å². The number of benzene rings is 2. The Hall–Kier alpha value is -2.68. The van der Waals surface area contributed by atoms with Gasteiger partial charge in [0.15, 0.2) is 11.5 Å². The monoisotopic (exact) mass is 449 g/mol. The fourth-order valence-electron chi connectivity index (χ4n) is 2.59. The second-order valence-electron chi connectivity index (χ2n) is 5.92. The lowest BCUT2D eigenvalue weighted by atomic mass is 10.2. The molecule has 3 aromatic rings. The van der Waals surface area contributed by atoms with E-state index in [1.165, 1.54) is 12.1 Å². The van der Waals surface area contributed by atoms with E-state index < -0.39 is 0 Å². The van der Waals surface area contributed by atoms with Gasteiger partial charge in [-0.2, -0.15) is 0 Å². The second kappa shape index (κ2) is 9.50. The molecule has 1 N–H and O–H groups in total. The van der Waals surface area contributed by atoms with Crippen LogP contribution in [-0.4, -0.2) is 26.8 Å². The predicted octanol–water partition coefficient (Wildman–Crippen LogP) is 4.18. The maximum atomic E-state index is 13.1. The molecule has 0 saturated heterocycles. The number of nitrogens with zero attached hydrogens (tertiary/aromatic N) is 4. The molecule has 28 heavy (non-hydrogen) atoms. The highest BCUT2D eigenvalue weighted by molar-refractivity contribution is 9.10. The molecule has 3 rings (SSSR count). The molecule has 148 valence electrons. The van der Waals surface area contributed by atoms with Gasteiger partial charge in [-0.15, -0.1) is 0 Å². The van der Waals surface area contributed by atoms with Gasteiger partial charge in [-0.3, -0.25) is 0 Å². The van der Waals surface area contributed by atoms with Crippen LogP contribution in [0.4, 0.5) is 10.3 Å². The van der Waals surface area contributed by atoms with Gasteiger partial charge in [-0.05, 0) is 75.6 Å². The highest BCUT2D eigenvalue weighted by atomic mass is 79.9. The third-order valence-electron chi connectivity index (χ3n) is 3.95. The van der Waals surface area contributed by atoms with E-state index in [0.29, 0.717) is 43.8 Å². The summed E-state index contributed by atoms with van der Waals surface area (Å²) < 4.78 is 27.2. The molecule has 0 atom stereocenters. The Balaban J connectivity index is 1.74. The van der Waals surface area contributed by atoms with Crippen molar-refractivity contribution in [3.63, 3.8) is 0 Å². The number of aromatic nitrogens is 4. The highest BCUT2D eigenvalue weighted by Crippen LogP contribution is 2.37. The Labute approximate surface area is 171 Å². The maximum absolute atomic E-state index is 13.1. The van der Waals surface area contributed by atoms with E-state index in [-0.39, 0.29) is 5.82 Å². The minimum atomic E-state index is -0.272. The largest absolute Gasteiger partial charge is 0.490 e. The minimum absolute atomic E-state index is 0.272. The van der Waals surface area contributed by atoms with Crippen LogP contribution in [0.25, 0.3) is 0 Å². The minimum Gasteiger partial charge on any atom is -0.490 e. The van der Waals surface area contributed by atoms with Crippen molar-refractivity contribution < 1.29 is 13.9 Å². The van der Waals surface area contributed by atoms with Gasteiger partial charge in [0.25, 0.3) is 0 Å². The van der Waals surface area contributed by atoms with E-state index in [9.17, 15) is 4.39 Å². The summed E-state index contributed by atoms with van der Waals surface area (Å²) in [5.74, 6) is 1.57. The molecule has 0 fully saturated rings. The van der Waals surface area contributed by atoms with E-state index in [4.69, 9.17) is 9.47 Å². The number of ether oxygens (including phenoxy) is 2. The lowest BCUT2D eigenvalue weighted by Crippen LogP contribution is -2.08. The first-order chi connectivity index (χ1) is 13.6. The molecule has 0 saturated carbocycles. The molecule has 0 radical (unpaired) electrons. The topological polar surface area (TPSA) is 74.1 Å². The molecule has 0 bridgehead atoms. The molecule has 0 amide bonds. The molecular formula is C19H21BrFN5O2. The van der Waals surface area contributed by atoms with Crippen LogP contribution in [0, 0.1) is 5.82 Å². The normalized spacial score (nSPS) is 10.7. The molecule has 0 aliphatic heterocycles. The predicted molar refractivity (Wildman–Crippen MR) is 107 cm³/mol. The standard InChI is InChI=1S/C19H21BrFN5O2/c1-3-26-19(23-24-25-26)22-11-14-9-16(20)18(17(10-14)27-4-2)28-12-13-5-7-15(21)8-6-13/h5-10H,3-4,11-12H2,1-2H3,(H,22,23,25). The summed E-state index contributed by atoms with van der Waals surface area (Å²) in [6, 6.07) is 10.1. The zero-order valence-corrected chi connectivity index (χ0v) is 17.2. The summed E-state index contributed by atoms with van der Waals surface area (Å²) in [6.45, 7) is 5.90. The quantitative estimate of drug-likeness (QED) is 0.527. The number of halogens is 2. The lowest BCUT2D eigenvalue weighted by molar-refractivity contribution is 0.267. The van der Waals surface area contributed by atoms with Crippen molar-refractivity contribution >= 4 is 21.9 Å². The molecule has 0 aliphatic rings. The fraction of sp³-hybridized carbons (Fsp3) is 0.316.